The van der Waals surface area contributed by atoms with Crippen LogP contribution in [0.3, 0.4) is 0 Å². The number of carbonyl (C=O) groups excluding carboxylic acids is 1. The minimum atomic E-state index is 0.306. The third kappa shape index (κ3) is 2.38. The van der Waals surface area contributed by atoms with Crippen molar-refractivity contribution in [3.8, 4) is 0 Å². The van der Waals surface area contributed by atoms with E-state index >= 15 is 0 Å². The summed E-state index contributed by atoms with van der Waals surface area (Å²) in [5.74, 6) is 1.33. The lowest BCUT2D eigenvalue weighted by Gasteiger charge is -2.24. The lowest BCUT2D eigenvalue weighted by atomic mass is 10.0. The fraction of sp³-hybridized carbons (Fsp3) is 0.917. The molecule has 1 amide bonds. The van der Waals surface area contributed by atoms with Crippen LogP contribution in [0.15, 0.2) is 0 Å². The van der Waals surface area contributed by atoms with Crippen LogP contribution in [0.4, 0.5) is 0 Å². The molecule has 1 unspecified atom stereocenters. The summed E-state index contributed by atoms with van der Waals surface area (Å²) in [5, 5.41) is 3.37. The van der Waals surface area contributed by atoms with E-state index in [-0.39, 0.29) is 0 Å². The van der Waals surface area contributed by atoms with E-state index in [1.54, 1.807) is 7.11 Å². The number of likely N-dealkylation sites (tertiary alicyclic amines) is 1. The number of carbonyl (C=O) groups is 1. The fourth-order valence-corrected chi connectivity index (χ4v) is 2.92. The molecule has 2 saturated heterocycles. The van der Waals surface area contributed by atoms with E-state index in [4.69, 9.17) is 4.74 Å². The summed E-state index contributed by atoms with van der Waals surface area (Å²) in [5.41, 5.74) is 0. The highest BCUT2D eigenvalue weighted by Crippen LogP contribution is 2.28. The van der Waals surface area contributed by atoms with Crippen LogP contribution in [-0.4, -0.2) is 50.2 Å². The maximum atomic E-state index is 12.1. The predicted octanol–water partition coefficient (Wildman–Crippen LogP) is 0.479. The Balaban J connectivity index is 1.85. The molecule has 0 aromatic heterocycles. The molecule has 2 fully saturated rings. The molecule has 0 aromatic rings. The van der Waals surface area contributed by atoms with E-state index in [1.165, 1.54) is 6.42 Å². The number of methoxy groups -OCH3 is 1. The second kappa shape index (κ2) is 5.15. The van der Waals surface area contributed by atoms with Gasteiger partial charge in [0.25, 0.3) is 0 Å². The van der Waals surface area contributed by atoms with Crippen molar-refractivity contribution >= 4 is 5.91 Å². The first-order valence-electron chi connectivity index (χ1n) is 6.21. The maximum absolute atomic E-state index is 12.1. The van der Waals surface area contributed by atoms with Crippen molar-refractivity contribution in [2.45, 2.75) is 25.8 Å². The molecule has 2 aliphatic heterocycles. The Bertz CT molecular complexity index is 257. The molecule has 1 N–H and O–H groups in total. The first-order chi connectivity index (χ1) is 7.72. The highest BCUT2D eigenvalue weighted by Gasteiger charge is 2.39. The minimum absolute atomic E-state index is 0.306. The van der Waals surface area contributed by atoms with Gasteiger partial charge in [0.05, 0.1) is 0 Å². The number of fused-ring (bicyclic) bond motifs is 1. The van der Waals surface area contributed by atoms with Gasteiger partial charge >= 0.3 is 0 Å². The molecule has 2 aliphatic rings. The molecule has 16 heavy (non-hydrogen) atoms. The van der Waals surface area contributed by atoms with Gasteiger partial charge in [-0.2, -0.15) is 0 Å². The van der Waals surface area contributed by atoms with Crippen LogP contribution < -0.4 is 5.32 Å². The zero-order valence-corrected chi connectivity index (χ0v) is 10.2. The summed E-state index contributed by atoms with van der Waals surface area (Å²) in [6.07, 6.45) is 1.79. The van der Waals surface area contributed by atoms with E-state index in [9.17, 15) is 4.79 Å². The highest BCUT2D eigenvalue weighted by atomic mass is 16.5. The smallest absolute Gasteiger partial charge is 0.223 e. The molecule has 2 heterocycles. The van der Waals surface area contributed by atoms with Crippen LogP contribution >= 0.6 is 0 Å². The Morgan fingerprint density at radius 3 is 3.12 bits per heavy atom. The van der Waals surface area contributed by atoms with Crippen molar-refractivity contribution < 1.29 is 9.53 Å². The maximum Gasteiger partial charge on any atom is 0.223 e. The number of hydrogen-bond donors (Lipinski definition) is 1. The van der Waals surface area contributed by atoms with Gasteiger partial charge in [-0.15, -0.1) is 0 Å². The molecule has 0 bridgehead atoms. The quantitative estimate of drug-likeness (QED) is 0.758. The van der Waals surface area contributed by atoms with E-state index in [1.807, 2.05) is 0 Å². The third-order valence-electron chi connectivity index (χ3n) is 3.74. The SMILES string of the molecule is COCC(C)CC(=O)N1CC[C@H]2CNC[C@H]21. The monoisotopic (exact) mass is 226 g/mol. The molecule has 0 saturated carbocycles. The molecule has 2 rings (SSSR count). The molecule has 0 aliphatic carbocycles. The number of nitrogens with zero attached hydrogens (tertiary/aromatic N) is 1. The molecule has 92 valence electrons. The van der Waals surface area contributed by atoms with E-state index in [0.717, 1.165) is 19.6 Å². The van der Waals surface area contributed by atoms with Crippen LogP contribution in [0, 0.1) is 11.8 Å². The number of nitrogens with one attached hydrogen (secondary N) is 1. The first-order valence-corrected chi connectivity index (χ1v) is 6.21. The Labute approximate surface area is 97.3 Å². The molecule has 0 spiro atoms. The largest absolute Gasteiger partial charge is 0.384 e. The number of hydrogen-bond acceptors (Lipinski definition) is 3. The Kier molecular flexibility index (Phi) is 3.82. The highest BCUT2D eigenvalue weighted by molar-refractivity contribution is 5.77. The summed E-state index contributed by atoms with van der Waals surface area (Å²) in [4.78, 5) is 14.2. The summed E-state index contributed by atoms with van der Waals surface area (Å²) < 4.78 is 5.07. The minimum Gasteiger partial charge on any atom is -0.384 e. The Morgan fingerprint density at radius 2 is 2.38 bits per heavy atom. The molecule has 3 atom stereocenters. The summed E-state index contributed by atoms with van der Waals surface area (Å²) >= 11 is 0. The van der Waals surface area contributed by atoms with Crippen LogP contribution in [0.2, 0.25) is 0 Å². The van der Waals surface area contributed by atoms with Crippen LogP contribution in [0.25, 0.3) is 0 Å². The van der Waals surface area contributed by atoms with Gasteiger partial charge in [-0.05, 0) is 18.3 Å². The second-order valence-corrected chi connectivity index (χ2v) is 5.13. The van der Waals surface area contributed by atoms with Gasteiger partial charge in [0, 0.05) is 45.8 Å². The van der Waals surface area contributed by atoms with Crippen molar-refractivity contribution in [1.29, 1.82) is 0 Å². The lowest BCUT2D eigenvalue weighted by Crippen LogP contribution is -2.39. The lowest BCUT2D eigenvalue weighted by molar-refractivity contribution is -0.133. The number of amides is 1. The van der Waals surface area contributed by atoms with E-state index in [0.29, 0.717) is 36.8 Å². The normalized spacial score (nSPS) is 30.5. The van der Waals surface area contributed by atoms with Gasteiger partial charge in [-0.1, -0.05) is 6.92 Å². The van der Waals surface area contributed by atoms with Crippen molar-refractivity contribution in [3.63, 3.8) is 0 Å². The molecule has 4 heteroatoms. The van der Waals surface area contributed by atoms with Crippen LogP contribution in [0.1, 0.15) is 19.8 Å². The van der Waals surface area contributed by atoms with Gasteiger partial charge in [0.15, 0.2) is 0 Å². The van der Waals surface area contributed by atoms with Crippen molar-refractivity contribution in [2.24, 2.45) is 11.8 Å². The van der Waals surface area contributed by atoms with Gasteiger partial charge < -0.3 is 15.0 Å². The zero-order chi connectivity index (χ0) is 11.5. The van der Waals surface area contributed by atoms with Gasteiger partial charge in [-0.25, -0.2) is 0 Å². The Morgan fingerprint density at radius 1 is 1.56 bits per heavy atom. The van der Waals surface area contributed by atoms with E-state index < -0.39 is 0 Å². The topological polar surface area (TPSA) is 41.6 Å². The molecular weight excluding hydrogens is 204 g/mol. The molecule has 0 aromatic carbocycles. The number of ether oxygens (including phenoxy) is 1. The first kappa shape index (κ1) is 11.9. The van der Waals surface area contributed by atoms with E-state index in [2.05, 4.69) is 17.1 Å². The Hall–Kier alpha value is -0.610. The second-order valence-electron chi connectivity index (χ2n) is 5.13. The summed E-state index contributed by atoms with van der Waals surface area (Å²) in [7, 11) is 1.69. The van der Waals surface area contributed by atoms with Crippen LogP contribution in [-0.2, 0) is 9.53 Å². The average molecular weight is 226 g/mol. The summed E-state index contributed by atoms with van der Waals surface area (Å²) in [6.45, 7) is 5.76. The average Bonchev–Trinajstić information content (AvgIpc) is 2.77. The zero-order valence-electron chi connectivity index (χ0n) is 10.2. The number of rotatable bonds is 4. The molecular formula is C12H22N2O2. The molecule has 4 nitrogen and oxygen atoms in total. The molecule has 0 radical (unpaired) electrons. The van der Waals surface area contributed by atoms with Crippen molar-refractivity contribution in [3.05, 3.63) is 0 Å². The van der Waals surface area contributed by atoms with Gasteiger partial charge in [-0.3, -0.25) is 4.79 Å². The van der Waals surface area contributed by atoms with Crippen LogP contribution in [0.5, 0.6) is 0 Å². The van der Waals surface area contributed by atoms with Gasteiger partial charge in [0.2, 0.25) is 5.91 Å². The van der Waals surface area contributed by atoms with Crippen molar-refractivity contribution in [1.82, 2.24) is 10.2 Å². The van der Waals surface area contributed by atoms with Crippen molar-refractivity contribution in [2.75, 3.05) is 33.4 Å². The predicted molar refractivity (Wildman–Crippen MR) is 62.1 cm³/mol. The van der Waals surface area contributed by atoms with Gasteiger partial charge in [0.1, 0.15) is 0 Å². The standard InChI is InChI=1S/C12H22N2O2/c1-9(8-16-2)5-12(15)14-4-3-10-6-13-7-11(10)14/h9-11,13H,3-8H2,1-2H3/t9?,10-,11+/m0/s1. The fourth-order valence-electron chi connectivity index (χ4n) is 2.92. The summed E-state index contributed by atoms with van der Waals surface area (Å²) in [6, 6.07) is 0.460. The third-order valence-corrected chi connectivity index (χ3v) is 3.74.